The van der Waals surface area contributed by atoms with Gasteiger partial charge in [-0.3, -0.25) is 0 Å². The van der Waals surface area contributed by atoms with E-state index in [-0.39, 0.29) is 12.1 Å². The lowest BCUT2D eigenvalue weighted by atomic mass is 9.88. The van der Waals surface area contributed by atoms with Crippen molar-refractivity contribution in [3.63, 3.8) is 0 Å². The summed E-state index contributed by atoms with van der Waals surface area (Å²) in [4.78, 5) is 4.27. The molecule has 4 nitrogen and oxygen atoms in total. The molecule has 2 atom stereocenters. The second-order valence-corrected chi connectivity index (χ2v) is 6.04. The highest BCUT2D eigenvalue weighted by molar-refractivity contribution is 5.68. The molecule has 1 saturated heterocycles. The maximum Gasteiger partial charge on any atom is 0.0956 e. The Morgan fingerprint density at radius 2 is 2.10 bits per heavy atom. The monoisotopic (exact) mass is 284 g/mol. The van der Waals surface area contributed by atoms with E-state index in [4.69, 9.17) is 4.74 Å². The number of fused-ring (bicyclic) bond motifs is 3. The standard InChI is InChI=1S/C17H20N2O2/c20-17(12-5-7-21-8-6-12)9-15-13-3-1-2-4-14(13)16-10-18-11-19(15)16/h1-4,10-12,15,17,20H,5-9H2/t15-,17-/m0/s1. The largest absolute Gasteiger partial charge is 0.393 e. The Hall–Kier alpha value is -1.65. The van der Waals surface area contributed by atoms with Gasteiger partial charge in [0.2, 0.25) is 0 Å². The minimum atomic E-state index is -0.277. The van der Waals surface area contributed by atoms with Crippen molar-refractivity contribution < 1.29 is 9.84 Å². The molecule has 3 heterocycles. The molecular weight excluding hydrogens is 264 g/mol. The second kappa shape index (κ2) is 5.28. The second-order valence-electron chi connectivity index (χ2n) is 6.04. The summed E-state index contributed by atoms with van der Waals surface area (Å²) in [6.07, 6.45) is 6.21. The number of rotatable bonds is 3. The number of hydrogen-bond acceptors (Lipinski definition) is 3. The van der Waals surface area contributed by atoms with Crippen molar-refractivity contribution in [3.8, 4) is 11.3 Å². The molecule has 21 heavy (non-hydrogen) atoms. The van der Waals surface area contributed by atoms with Crippen LogP contribution in [0.5, 0.6) is 0 Å². The summed E-state index contributed by atoms with van der Waals surface area (Å²) in [5.74, 6) is 0.360. The summed E-state index contributed by atoms with van der Waals surface area (Å²) in [7, 11) is 0. The number of aromatic nitrogens is 2. The summed E-state index contributed by atoms with van der Waals surface area (Å²) < 4.78 is 7.60. The molecule has 0 unspecified atom stereocenters. The smallest absolute Gasteiger partial charge is 0.0956 e. The van der Waals surface area contributed by atoms with Gasteiger partial charge >= 0.3 is 0 Å². The molecule has 0 bridgehead atoms. The number of nitrogens with zero attached hydrogens (tertiary/aromatic N) is 2. The summed E-state index contributed by atoms with van der Waals surface area (Å²) >= 11 is 0. The number of benzene rings is 1. The van der Waals surface area contributed by atoms with Crippen LogP contribution in [0.15, 0.2) is 36.8 Å². The fraction of sp³-hybridized carbons (Fsp3) is 0.471. The molecule has 4 rings (SSSR count). The molecule has 2 aliphatic rings. The zero-order valence-corrected chi connectivity index (χ0v) is 12.0. The van der Waals surface area contributed by atoms with Crippen LogP contribution in [0.25, 0.3) is 11.3 Å². The molecule has 1 aromatic carbocycles. The van der Waals surface area contributed by atoms with E-state index in [0.29, 0.717) is 5.92 Å². The molecule has 1 N–H and O–H groups in total. The third kappa shape index (κ3) is 2.19. The van der Waals surface area contributed by atoms with Crippen LogP contribution >= 0.6 is 0 Å². The first kappa shape index (κ1) is 13.0. The Labute approximate surface area is 124 Å². The first-order chi connectivity index (χ1) is 10.3. The third-order valence-corrected chi connectivity index (χ3v) is 4.87. The molecule has 2 aliphatic heterocycles. The number of hydrogen-bond donors (Lipinski definition) is 1. The van der Waals surface area contributed by atoms with Crippen LogP contribution in [0.1, 0.15) is 30.9 Å². The lowest BCUT2D eigenvalue weighted by Gasteiger charge is -2.29. The summed E-state index contributed by atoms with van der Waals surface area (Å²) in [5, 5.41) is 10.6. The van der Waals surface area contributed by atoms with Crippen LogP contribution in [0, 0.1) is 5.92 Å². The van der Waals surface area contributed by atoms with Crippen molar-refractivity contribution >= 4 is 0 Å². The van der Waals surface area contributed by atoms with Crippen molar-refractivity contribution in [1.29, 1.82) is 0 Å². The van der Waals surface area contributed by atoms with Crippen LogP contribution in [0.3, 0.4) is 0 Å². The average Bonchev–Trinajstić information content (AvgIpc) is 3.11. The maximum absolute atomic E-state index is 10.6. The molecule has 110 valence electrons. The van der Waals surface area contributed by atoms with Gasteiger partial charge in [-0.2, -0.15) is 0 Å². The van der Waals surface area contributed by atoms with Gasteiger partial charge < -0.3 is 14.4 Å². The van der Waals surface area contributed by atoms with Crippen molar-refractivity contribution in [3.05, 3.63) is 42.4 Å². The third-order valence-electron chi connectivity index (χ3n) is 4.87. The zero-order valence-electron chi connectivity index (χ0n) is 12.0. The number of aliphatic hydroxyl groups excluding tert-OH is 1. The lowest BCUT2D eigenvalue weighted by molar-refractivity contribution is 0.00151. The zero-order chi connectivity index (χ0) is 14.2. The first-order valence-corrected chi connectivity index (χ1v) is 7.71. The van der Waals surface area contributed by atoms with E-state index >= 15 is 0 Å². The van der Waals surface area contributed by atoms with Gasteiger partial charge in [0.15, 0.2) is 0 Å². The van der Waals surface area contributed by atoms with Gasteiger partial charge in [-0.05, 0) is 30.7 Å². The van der Waals surface area contributed by atoms with Crippen LogP contribution in [-0.4, -0.2) is 34.0 Å². The Morgan fingerprint density at radius 3 is 2.95 bits per heavy atom. The Bertz CT molecular complexity index is 631. The first-order valence-electron chi connectivity index (χ1n) is 7.71. The van der Waals surface area contributed by atoms with Crippen LogP contribution in [0.2, 0.25) is 0 Å². The summed E-state index contributed by atoms with van der Waals surface area (Å²) in [6, 6.07) is 8.66. The molecule has 0 saturated carbocycles. The van der Waals surface area contributed by atoms with Crippen molar-refractivity contribution in [2.75, 3.05) is 13.2 Å². The summed E-state index contributed by atoms with van der Waals surface area (Å²) in [6.45, 7) is 1.55. The van der Waals surface area contributed by atoms with Gasteiger partial charge in [0.25, 0.3) is 0 Å². The molecule has 1 aromatic heterocycles. The minimum absolute atomic E-state index is 0.205. The topological polar surface area (TPSA) is 47.3 Å². The highest BCUT2D eigenvalue weighted by Gasteiger charge is 2.32. The lowest BCUT2D eigenvalue weighted by Crippen LogP contribution is -2.29. The molecule has 2 aromatic rings. The fourth-order valence-electron chi connectivity index (χ4n) is 3.69. The van der Waals surface area contributed by atoms with E-state index in [1.165, 1.54) is 11.1 Å². The number of aliphatic hydroxyl groups is 1. The molecular formula is C17H20N2O2. The van der Waals surface area contributed by atoms with Gasteiger partial charge in [0, 0.05) is 18.8 Å². The Morgan fingerprint density at radius 1 is 1.29 bits per heavy atom. The maximum atomic E-state index is 10.6. The number of ether oxygens (including phenoxy) is 1. The predicted octanol–water partition coefficient (Wildman–Crippen LogP) is 2.63. The van der Waals surface area contributed by atoms with Crippen LogP contribution < -0.4 is 0 Å². The summed E-state index contributed by atoms with van der Waals surface area (Å²) in [5.41, 5.74) is 3.72. The van der Waals surface area contributed by atoms with E-state index in [9.17, 15) is 5.11 Å². The predicted molar refractivity (Wildman–Crippen MR) is 80.0 cm³/mol. The molecule has 0 spiro atoms. The van der Waals surface area contributed by atoms with Crippen molar-refractivity contribution in [2.24, 2.45) is 5.92 Å². The Kier molecular flexibility index (Phi) is 3.28. The molecule has 1 fully saturated rings. The van der Waals surface area contributed by atoms with Crippen molar-refractivity contribution in [1.82, 2.24) is 9.55 Å². The quantitative estimate of drug-likeness (QED) is 0.942. The minimum Gasteiger partial charge on any atom is -0.393 e. The van der Waals surface area contributed by atoms with E-state index in [1.807, 2.05) is 12.5 Å². The highest BCUT2D eigenvalue weighted by atomic mass is 16.5. The molecule has 0 radical (unpaired) electrons. The highest BCUT2D eigenvalue weighted by Crippen LogP contribution is 2.42. The molecule has 0 amide bonds. The van der Waals surface area contributed by atoms with E-state index in [1.54, 1.807) is 0 Å². The van der Waals surface area contributed by atoms with Gasteiger partial charge in [0.1, 0.15) is 0 Å². The van der Waals surface area contributed by atoms with Gasteiger partial charge in [-0.15, -0.1) is 0 Å². The van der Waals surface area contributed by atoms with Crippen LogP contribution in [-0.2, 0) is 4.74 Å². The number of imidazole rings is 1. The van der Waals surface area contributed by atoms with Gasteiger partial charge in [0.05, 0.1) is 30.4 Å². The Balaban J connectivity index is 1.60. The van der Waals surface area contributed by atoms with Gasteiger partial charge in [-0.1, -0.05) is 24.3 Å². The van der Waals surface area contributed by atoms with Gasteiger partial charge in [-0.25, -0.2) is 4.98 Å². The SMILES string of the molecule is O[C@@H](C[C@H]1c2ccccc2-c2cncn21)C1CCOCC1. The molecule has 4 heteroatoms. The average molecular weight is 284 g/mol. The molecule has 0 aliphatic carbocycles. The van der Waals surface area contributed by atoms with E-state index < -0.39 is 0 Å². The van der Waals surface area contributed by atoms with E-state index in [2.05, 4.69) is 33.8 Å². The fourth-order valence-corrected chi connectivity index (χ4v) is 3.69. The van der Waals surface area contributed by atoms with E-state index in [0.717, 1.165) is 38.2 Å². The van der Waals surface area contributed by atoms with Crippen molar-refractivity contribution in [2.45, 2.75) is 31.4 Å². The van der Waals surface area contributed by atoms with Crippen LogP contribution in [0.4, 0.5) is 0 Å². The normalized spacial score (nSPS) is 22.8.